The van der Waals surface area contributed by atoms with Crippen LogP contribution in [0.4, 0.5) is 0 Å². The van der Waals surface area contributed by atoms with Gasteiger partial charge in [0.1, 0.15) is 11.5 Å². The van der Waals surface area contributed by atoms with Crippen LogP contribution in [0.5, 0.6) is 0 Å². The van der Waals surface area contributed by atoms with E-state index in [4.69, 9.17) is 4.42 Å². The van der Waals surface area contributed by atoms with E-state index in [1.807, 2.05) is 31.2 Å². The van der Waals surface area contributed by atoms with Gasteiger partial charge >= 0.3 is 0 Å². The molecule has 0 saturated carbocycles. The lowest BCUT2D eigenvalue weighted by Gasteiger charge is -1.96. The molecule has 0 fully saturated rings. The van der Waals surface area contributed by atoms with Crippen LogP contribution in [0.3, 0.4) is 0 Å². The van der Waals surface area contributed by atoms with E-state index in [1.54, 1.807) is 6.92 Å². The fourth-order valence-corrected chi connectivity index (χ4v) is 1.54. The second-order valence-electron chi connectivity index (χ2n) is 3.73. The Labute approximate surface area is 93.3 Å². The number of carbonyl (C=O) groups is 1. The van der Waals surface area contributed by atoms with Gasteiger partial charge in [-0.15, -0.1) is 0 Å². The van der Waals surface area contributed by atoms with Crippen molar-refractivity contribution in [2.24, 2.45) is 0 Å². The summed E-state index contributed by atoms with van der Waals surface area (Å²) >= 11 is 0. The van der Waals surface area contributed by atoms with Gasteiger partial charge in [-0.3, -0.25) is 0 Å². The molecule has 1 heterocycles. The minimum absolute atomic E-state index is 0.107. The summed E-state index contributed by atoms with van der Waals surface area (Å²) in [5, 5.41) is 10.7. The van der Waals surface area contributed by atoms with Crippen molar-refractivity contribution in [3.05, 3.63) is 47.2 Å². The molecule has 0 radical (unpaired) electrons. The van der Waals surface area contributed by atoms with Crippen molar-refractivity contribution in [3.8, 4) is 11.3 Å². The summed E-state index contributed by atoms with van der Waals surface area (Å²) in [4.78, 5) is 10.7. The molecule has 1 aromatic carbocycles. The second-order valence-corrected chi connectivity index (χ2v) is 3.73. The third-order valence-corrected chi connectivity index (χ3v) is 2.47. The Morgan fingerprint density at radius 2 is 1.81 bits per heavy atom. The maximum Gasteiger partial charge on any atom is 0.134 e. The van der Waals surface area contributed by atoms with Crippen LogP contribution in [0, 0.1) is 13.8 Å². The Balaban J connectivity index is 2.45. The highest BCUT2D eigenvalue weighted by atomic mass is 16.4. The fraction of sp³-hybridized carbons (Fsp3) is 0.154. The fourth-order valence-electron chi connectivity index (χ4n) is 1.54. The third-order valence-electron chi connectivity index (χ3n) is 2.47. The monoisotopic (exact) mass is 215 g/mol. The van der Waals surface area contributed by atoms with Crippen LogP contribution >= 0.6 is 0 Å². The van der Waals surface area contributed by atoms with Crippen LogP contribution in [0.1, 0.15) is 21.7 Å². The number of hydrogen-bond donors (Lipinski definition) is 0. The summed E-state index contributed by atoms with van der Waals surface area (Å²) < 4.78 is 5.38. The highest BCUT2D eigenvalue weighted by molar-refractivity contribution is 5.88. The lowest BCUT2D eigenvalue weighted by molar-refractivity contribution is -0.255. The summed E-state index contributed by atoms with van der Waals surface area (Å²) in [6.45, 7) is 3.60. The van der Waals surface area contributed by atoms with Gasteiger partial charge in [0.2, 0.25) is 0 Å². The van der Waals surface area contributed by atoms with Crippen molar-refractivity contribution in [1.29, 1.82) is 0 Å². The maximum absolute atomic E-state index is 10.7. The van der Waals surface area contributed by atoms with Crippen molar-refractivity contribution >= 4 is 5.97 Å². The first kappa shape index (κ1) is 10.5. The average Bonchev–Trinajstić information content (AvgIpc) is 2.61. The smallest absolute Gasteiger partial charge is 0.134 e. The third kappa shape index (κ3) is 1.84. The Bertz CT molecular complexity index is 521. The molecule has 0 atom stereocenters. The largest absolute Gasteiger partial charge is 0.545 e. The van der Waals surface area contributed by atoms with E-state index in [0.717, 1.165) is 11.1 Å². The van der Waals surface area contributed by atoms with Gasteiger partial charge in [0.25, 0.3) is 0 Å². The first-order valence-electron chi connectivity index (χ1n) is 4.97. The van der Waals surface area contributed by atoms with Crippen molar-refractivity contribution in [3.63, 3.8) is 0 Å². The van der Waals surface area contributed by atoms with Crippen molar-refractivity contribution in [2.75, 3.05) is 0 Å². The molecule has 82 valence electrons. The summed E-state index contributed by atoms with van der Waals surface area (Å²) in [6.07, 6.45) is 0. The summed E-state index contributed by atoms with van der Waals surface area (Å²) in [5.74, 6) is -0.285. The normalized spacial score (nSPS) is 10.4. The highest BCUT2D eigenvalue weighted by Gasteiger charge is 2.09. The zero-order chi connectivity index (χ0) is 11.7. The van der Waals surface area contributed by atoms with Crippen LogP contribution < -0.4 is 5.11 Å². The molecule has 0 unspecified atom stereocenters. The van der Waals surface area contributed by atoms with Crippen molar-refractivity contribution in [1.82, 2.24) is 0 Å². The number of hydrogen-bond acceptors (Lipinski definition) is 3. The van der Waals surface area contributed by atoms with Gasteiger partial charge in [-0.1, -0.05) is 29.8 Å². The number of furan rings is 1. The highest BCUT2D eigenvalue weighted by Crippen LogP contribution is 2.25. The molecular formula is C13H11O3-. The Hall–Kier alpha value is -2.03. The van der Waals surface area contributed by atoms with Gasteiger partial charge in [0.05, 0.1) is 5.97 Å². The molecular weight excluding hydrogens is 204 g/mol. The molecule has 0 amide bonds. The van der Waals surface area contributed by atoms with Crippen LogP contribution in [-0.4, -0.2) is 5.97 Å². The van der Waals surface area contributed by atoms with Gasteiger partial charge < -0.3 is 14.3 Å². The molecule has 0 bridgehead atoms. The van der Waals surface area contributed by atoms with Gasteiger partial charge in [-0.05, 0) is 19.9 Å². The number of carboxylic acid groups (broad SMARTS) is 1. The van der Waals surface area contributed by atoms with E-state index in [-0.39, 0.29) is 5.56 Å². The molecule has 0 spiro atoms. The first-order valence-corrected chi connectivity index (χ1v) is 4.97. The molecule has 0 aliphatic heterocycles. The summed E-state index contributed by atoms with van der Waals surface area (Å²) in [7, 11) is 0. The van der Waals surface area contributed by atoms with E-state index in [9.17, 15) is 9.90 Å². The maximum atomic E-state index is 10.7. The predicted octanol–water partition coefficient (Wildman–Crippen LogP) is 1.93. The minimum atomic E-state index is -1.21. The molecule has 3 nitrogen and oxygen atoms in total. The van der Waals surface area contributed by atoms with Crippen LogP contribution in [0.2, 0.25) is 0 Å². The Kier molecular flexibility index (Phi) is 2.52. The Morgan fingerprint density at radius 1 is 1.19 bits per heavy atom. The molecule has 0 aliphatic carbocycles. The minimum Gasteiger partial charge on any atom is -0.545 e. The summed E-state index contributed by atoms with van der Waals surface area (Å²) in [6, 6.07) is 9.19. The zero-order valence-corrected chi connectivity index (χ0v) is 9.11. The lowest BCUT2D eigenvalue weighted by atomic mass is 10.1. The van der Waals surface area contributed by atoms with Crippen LogP contribution in [-0.2, 0) is 0 Å². The first-order chi connectivity index (χ1) is 7.58. The second kappa shape index (κ2) is 3.85. The molecule has 2 rings (SSSR count). The lowest BCUT2D eigenvalue weighted by Crippen LogP contribution is -2.22. The topological polar surface area (TPSA) is 53.3 Å². The molecule has 16 heavy (non-hydrogen) atoms. The van der Waals surface area contributed by atoms with Crippen molar-refractivity contribution in [2.45, 2.75) is 13.8 Å². The van der Waals surface area contributed by atoms with Gasteiger partial charge in [-0.25, -0.2) is 0 Å². The molecule has 1 aromatic heterocycles. The number of aryl methyl sites for hydroxylation is 2. The molecule has 0 saturated heterocycles. The molecule has 0 aliphatic rings. The van der Waals surface area contributed by atoms with E-state index >= 15 is 0 Å². The van der Waals surface area contributed by atoms with E-state index in [0.29, 0.717) is 11.5 Å². The van der Waals surface area contributed by atoms with Crippen LogP contribution in [0.25, 0.3) is 11.3 Å². The summed E-state index contributed by atoms with van der Waals surface area (Å²) in [5.41, 5.74) is 2.11. The molecule has 3 heteroatoms. The predicted molar refractivity (Wildman–Crippen MR) is 57.9 cm³/mol. The number of benzene rings is 1. The number of carbonyl (C=O) groups excluding carboxylic acids is 1. The number of aromatic carboxylic acids is 1. The van der Waals surface area contributed by atoms with E-state index < -0.39 is 5.97 Å². The van der Waals surface area contributed by atoms with Crippen molar-refractivity contribution < 1.29 is 14.3 Å². The number of rotatable bonds is 2. The standard InChI is InChI=1S/C13H12O3/c1-8-3-5-10(6-4-8)12-7-11(13(14)15)9(2)16-12/h3-7H,1-2H3,(H,14,15)/p-1. The van der Waals surface area contributed by atoms with Gasteiger partial charge in [0, 0.05) is 11.1 Å². The van der Waals surface area contributed by atoms with Crippen LogP contribution in [0.15, 0.2) is 34.7 Å². The number of carboxylic acids is 1. The van der Waals surface area contributed by atoms with Gasteiger partial charge in [-0.2, -0.15) is 0 Å². The van der Waals surface area contributed by atoms with E-state index in [2.05, 4.69) is 0 Å². The molecule has 2 aromatic rings. The van der Waals surface area contributed by atoms with Gasteiger partial charge in [0.15, 0.2) is 0 Å². The zero-order valence-electron chi connectivity index (χ0n) is 9.11. The van der Waals surface area contributed by atoms with E-state index in [1.165, 1.54) is 6.07 Å². The molecule has 0 N–H and O–H groups in total. The SMILES string of the molecule is Cc1ccc(-c2cc(C(=O)[O-])c(C)o2)cc1. The Morgan fingerprint density at radius 3 is 2.31 bits per heavy atom. The average molecular weight is 215 g/mol. The quantitative estimate of drug-likeness (QED) is 0.769.